The molecule has 0 spiro atoms. The largest absolute Gasteiger partial charge is 0.496 e. The van der Waals surface area contributed by atoms with Gasteiger partial charge < -0.3 is 18.9 Å². The smallest absolute Gasteiger partial charge is 0.134 e. The van der Waals surface area contributed by atoms with E-state index in [0.29, 0.717) is 23.9 Å². The van der Waals surface area contributed by atoms with Gasteiger partial charge in [0.2, 0.25) is 0 Å². The van der Waals surface area contributed by atoms with Gasteiger partial charge >= 0.3 is 0 Å². The molecule has 0 atom stereocenters. The molecule has 1 aliphatic rings. The van der Waals surface area contributed by atoms with Gasteiger partial charge in [-0.25, -0.2) is 0 Å². The van der Waals surface area contributed by atoms with Gasteiger partial charge in [0.25, 0.3) is 0 Å². The maximum Gasteiger partial charge on any atom is 0.134 e. The van der Waals surface area contributed by atoms with Crippen molar-refractivity contribution in [3.05, 3.63) is 53.6 Å². The summed E-state index contributed by atoms with van der Waals surface area (Å²) in [6.45, 7) is 0.519. The second-order valence-electron chi connectivity index (χ2n) is 4.83. The maximum absolute atomic E-state index is 5.68. The summed E-state index contributed by atoms with van der Waals surface area (Å²) in [6, 6.07) is 11.7. The summed E-state index contributed by atoms with van der Waals surface area (Å²) >= 11 is 0. The van der Waals surface area contributed by atoms with E-state index in [-0.39, 0.29) is 0 Å². The topological polar surface area (TPSA) is 36.9 Å². The molecule has 0 saturated carbocycles. The average Bonchev–Trinajstić information content (AvgIpc) is 2.60. The summed E-state index contributed by atoms with van der Waals surface area (Å²) in [5.74, 6) is 2.97. The van der Waals surface area contributed by atoms with Gasteiger partial charge in [-0.3, -0.25) is 0 Å². The van der Waals surface area contributed by atoms with Gasteiger partial charge in [-0.05, 0) is 17.7 Å². The van der Waals surface area contributed by atoms with Crippen molar-refractivity contribution in [3.63, 3.8) is 0 Å². The minimum absolute atomic E-state index is 0.519. The molecule has 0 bridgehead atoms. The van der Waals surface area contributed by atoms with Crippen LogP contribution in [0, 0.1) is 0 Å². The third-order valence-corrected chi connectivity index (χ3v) is 3.69. The van der Waals surface area contributed by atoms with Crippen LogP contribution in [0.4, 0.5) is 0 Å². The highest BCUT2D eigenvalue weighted by atomic mass is 16.5. The Morgan fingerprint density at radius 1 is 0.909 bits per heavy atom. The van der Waals surface area contributed by atoms with Crippen LogP contribution in [0.15, 0.2) is 42.5 Å². The number of ether oxygens (including phenoxy) is 4. The molecular formula is C18H18O4. The van der Waals surface area contributed by atoms with E-state index in [0.717, 1.165) is 22.4 Å². The summed E-state index contributed by atoms with van der Waals surface area (Å²) in [6.07, 6.45) is 2.04. The fourth-order valence-electron chi connectivity index (χ4n) is 2.65. The summed E-state index contributed by atoms with van der Waals surface area (Å²) in [4.78, 5) is 0. The molecule has 0 amide bonds. The zero-order valence-electron chi connectivity index (χ0n) is 12.9. The number of hydrogen-bond donors (Lipinski definition) is 0. The van der Waals surface area contributed by atoms with Crippen molar-refractivity contribution >= 4 is 5.57 Å². The van der Waals surface area contributed by atoms with Gasteiger partial charge in [0, 0.05) is 17.7 Å². The van der Waals surface area contributed by atoms with Crippen LogP contribution >= 0.6 is 0 Å². The number of hydrogen-bond acceptors (Lipinski definition) is 4. The quantitative estimate of drug-likeness (QED) is 0.865. The maximum atomic E-state index is 5.68. The monoisotopic (exact) mass is 298 g/mol. The molecule has 114 valence electrons. The highest BCUT2D eigenvalue weighted by Crippen LogP contribution is 2.44. The minimum Gasteiger partial charge on any atom is -0.496 e. The molecule has 0 saturated heterocycles. The van der Waals surface area contributed by atoms with Crippen LogP contribution in [0.2, 0.25) is 0 Å². The molecule has 0 N–H and O–H groups in total. The summed E-state index contributed by atoms with van der Waals surface area (Å²) in [5.41, 5.74) is 2.97. The number of para-hydroxylation sites is 1. The molecule has 0 unspecified atom stereocenters. The van der Waals surface area contributed by atoms with Gasteiger partial charge in [0.05, 0.1) is 26.9 Å². The zero-order valence-corrected chi connectivity index (χ0v) is 12.9. The second kappa shape index (κ2) is 6.02. The lowest BCUT2D eigenvalue weighted by atomic mass is 9.94. The van der Waals surface area contributed by atoms with E-state index in [2.05, 4.69) is 0 Å². The number of rotatable bonds is 4. The normalized spacial score (nSPS) is 12.8. The lowest BCUT2D eigenvalue weighted by Crippen LogP contribution is -2.07. The molecule has 1 heterocycles. The van der Waals surface area contributed by atoms with Crippen LogP contribution in [-0.2, 0) is 0 Å². The molecule has 2 aromatic carbocycles. The standard InChI is InChI=1S/C18H18O4/c1-19-12-10-16(20-2)18(17(11-12)21-3)14-8-9-22-15-7-5-4-6-13(14)15/h4-8,10-11H,9H2,1-3H3. The fraction of sp³-hybridized carbons (Fsp3) is 0.222. The molecule has 4 heteroatoms. The van der Waals surface area contributed by atoms with Crippen LogP contribution in [0.1, 0.15) is 11.1 Å². The van der Waals surface area contributed by atoms with Crippen LogP contribution in [-0.4, -0.2) is 27.9 Å². The highest BCUT2D eigenvalue weighted by Gasteiger charge is 2.22. The Morgan fingerprint density at radius 3 is 2.23 bits per heavy atom. The van der Waals surface area contributed by atoms with E-state index in [9.17, 15) is 0 Å². The molecular weight excluding hydrogens is 280 g/mol. The van der Waals surface area contributed by atoms with Gasteiger partial charge in [0.1, 0.15) is 29.6 Å². The first-order valence-corrected chi connectivity index (χ1v) is 7.01. The molecule has 0 radical (unpaired) electrons. The summed E-state index contributed by atoms with van der Waals surface area (Å²) in [7, 11) is 4.91. The van der Waals surface area contributed by atoms with E-state index >= 15 is 0 Å². The first-order valence-electron chi connectivity index (χ1n) is 7.01. The van der Waals surface area contributed by atoms with Gasteiger partial charge in [0.15, 0.2) is 0 Å². The molecule has 2 aromatic rings. The van der Waals surface area contributed by atoms with Crippen LogP contribution in [0.25, 0.3) is 5.57 Å². The predicted octanol–water partition coefficient (Wildman–Crippen LogP) is 3.54. The minimum atomic E-state index is 0.519. The van der Waals surface area contributed by atoms with Crippen molar-refractivity contribution in [2.24, 2.45) is 0 Å². The van der Waals surface area contributed by atoms with Gasteiger partial charge in [-0.1, -0.05) is 18.2 Å². The first-order chi connectivity index (χ1) is 10.8. The Labute approximate surface area is 129 Å². The molecule has 0 fully saturated rings. The first kappa shape index (κ1) is 14.3. The molecule has 0 aromatic heterocycles. The molecule has 3 rings (SSSR count). The Morgan fingerprint density at radius 2 is 1.59 bits per heavy atom. The van der Waals surface area contributed by atoms with E-state index < -0.39 is 0 Å². The number of methoxy groups -OCH3 is 3. The van der Waals surface area contributed by atoms with E-state index in [1.807, 2.05) is 42.5 Å². The van der Waals surface area contributed by atoms with Gasteiger partial charge in [-0.15, -0.1) is 0 Å². The SMILES string of the molecule is COc1cc(OC)c(C2=CCOc3ccccc32)c(OC)c1. The molecule has 1 aliphatic heterocycles. The lowest BCUT2D eigenvalue weighted by Gasteiger charge is -2.22. The zero-order chi connectivity index (χ0) is 15.5. The van der Waals surface area contributed by atoms with Gasteiger partial charge in [-0.2, -0.15) is 0 Å². The summed E-state index contributed by atoms with van der Waals surface area (Å²) < 4.78 is 22.1. The van der Waals surface area contributed by atoms with Crippen molar-refractivity contribution in [2.75, 3.05) is 27.9 Å². The molecule has 4 nitrogen and oxygen atoms in total. The Hall–Kier alpha value is -2.62. The Balaban J connectivity index is 2.21. The Kier molecular flexibility index (Phi) is 3.92. The number of fused-ring (bicyclic) bond motifs is 1. The van der Waals surface area contributed by atoms with Crippen LogP contribution in [0.3, 0.4) is 0 Å². The van der Waals surface area contributed by atoms with Crippen molar-refractivity contribution in [2.45, 2.75) is 0 Å². The summed E-state index contributed by atoms with van der Waals surface area (Å²) in [5, 5.41) is 0. The van der Waals surface area contributed by atoms with E-state index in [1.54, 1.807) is 21.3 Å². The fourth-order valence-corrected chi connectivity index (χ4v) is 2.65. The van der Waals surface area contributed by atoms with Crippen LogP contribution in [0.5, 0.6) is 23.0 Å². The van der Waals surface area contributed by atoms with E-state index in [4.69, 9.17) is 18.9 Å². The molecule has 22 heavy (non-hydrogen) atoms. The highest BCUT2D eigenvalue weighted by molar-refractivity contribution is 5.89. The van der Waals surface area contributed by atoms with Crippen molar-refractivity contribution in [3.8, 4) is 23.0 Å². The second-order valence-corrected chi connectivity index (χ2v) is 4.83. The average molecular weight is 298 g/mol. The van der Waals surface area contributed by atoms with Crippen molar-refractivity contribution in [1.82, 2.24) is 0 Å². The third kappa shape index (κ3) is 2.37. The lowest BCUT2D eigenvalue weighted by molar-refractivity contribution is 0.356. The van der Waals surface area contributed by atoms with E-state index in [1.165, 1.54) is 0 Å². The van der Waals surface area contributed by atoms with Crippen molar-refractivity contribution < 1.29 is 18.9 Å². The third-order valence-electron chi connectivity index (χ3n) is 3.69. The molecule has 0 aliphatic carbocycles. The number of benzene rings is 2. The van der Waals surface area contributed by atoms with Crippen LogP contribution < -0.4 is 18.9 Å². The predicted molar refractivity (Wildman–Crippen MR) is 85.1 cm³/mol. The Bertz CT molecular complexity index is 694. The van der Waals surface area contributed by atoms with Crippen molar-refractivity contribution in [1.29, 1.82) is 0 Å².